The predicted molar refractivity (Wildman–Crippen MR) is 120 cm³/mol. The molecular formula is C25H32N2O4. The molecular weight excluding hydrogens is 392 g/mol. The molecule has 31 heavy (non-hydrogen) atoms. The number of hydrogen-bond acceptors (Lipinski definition) is 4. The Morgan fingerprint density at radius 2 is 1.74 bits per heavy atom. The molecule has 2 aromatic rings. The van der Waals surface area contributed by atoms with E-state index in [0.717, 1.165) is 28.2 Å². The van der Waals surface area contributed by atoms with E-state index < -0.39 is 6.04 Å². The molecule has 2 aromatic carbocycles. The Morgan fingerprint density at radius 1 is 1.03 bits per heavy atom. The molecule has 0 saturated carbocycles. The lowest BCUT2D eigenvalue weighted by atomic mass is 10.0. The maximum absolute atomic E-state index is 13.2. The van der Waals surface area contributed by atoms with Crippen LogP contribution in [0, 0.1) is 6.92 Å². The van der Waals surface area contributed by atoms with Crippen LogP contribution < -0.4 is 14.8 Å². The van der Waals surface area contributed by atoms with Crippen LogP contribution in [0.15, 0.2) is 42.5 Å². The summed E-state index contributed by atoms with van der Waals surface area (Å²) in [6, 6.07) is 13.2. The van der Waals surface area contributed by atoms with E-state index in [0.29, 0.717) is 32.6 Å². The van der Waals surface area contributed by atoms with Gasteiger partial charge in [-0.2, -0.15) is 0 Å². The fraction of sp³-hybridized carbons (Fsp3) is 0.440. The zero-order chi connectivity index (χ0) is 22.4. The smallest absolute Gasteiger partial charge is 0.242 e. The Kier molecular flexibility index (Phi) is 7.55. The number of aryl methyl sites for hydroxylation is 2. The SMILES string of the molecule is Cc1ccccc1CN(C(=O)CCc1ccc2c(c1)OCCO2)[C@H](C)C(=O)NC(C)C. The number of nitrogens with zero attached hydrogens (tertiary/aromatic N) is 1. The lowest BCUT2D eigenvalue weighted by Crippen LogP contribution is -2.49. The molecule has 3 rings (SSSR count). The number of hydrogen-bond donors (Lipinski definition) is 1. The van der Waals surface area contributed by atoms with Crippen LogP contribution >= 0.6 is 0 Å². The molecule has 1 aliphatic heterocycles. The topological polar surface area (TPSA) is 67.9 Å². The van der Waals surface area contributed by atoms with E-state index >= 15 is 0 Å². The van der Waals surface area contributed by atoms with Gasteiger partial charge in [-0.25, -0.2) is 0 Å². The largest absolute Gasteiger partial charge is 0.486 e. The van der Waals surface area contributed by atoms with Gasteiger partial charge in [0.1, 0.15) is 19.3 Å². The predicted octanol–water partition coefficient (Wildman–Crippen LogP) is 3.64. The van der Waals surface area contributed by atoms with E-state index in [1.165, 1.54) is 0 Å². The molecule has 166 valence electrons. The van der Waals surface area contributed by atoms with E-state index in [2.05, 4.69) is 5.32 Å². The molecule has 6 heteroatoms. The van der Waals surface area contributed by atoms with Crippen LogP contribution in [0.3, 0.4) is 0 Å². The van der Waals surface area contributed by atoms with Gasteiger partial charge in [0, 0.05) is 19.0 Å². The molecule has 6 nitrogen and oxygen atoms in total. The maximum atomic E-state index is 13.2. The quantitative estimate of drug-likeness (QED) is 0.703. The van der Waals surface area contributed by atoms with Crippen molar-refractivity contribution in [2.24, 2.45) is 0 Å². The molecule has 0 aliphatic carbocycles. The van der Waals surface area contributed by atoms with Gasteiger partial charge in [0.15, 0.2) is 11.5 Å². The average Bonchev–Trinajstić information content (AvgIpc) is 2.76. The van der Waals surface area contributed by atoms with Gasteiger partial charge in [0.25, 0.3) is 0 Å². The van der Waals surface area contributed by atoms with Crippen molar-refractivity contribution in [2.45, 2.75) is 59.2 Å². The number of ether oxygens (including phenoxy) is 2. The van der Waals surface area contributed by atoms with Crippen molar-refractivity contribution in [2.75, 3.05) is 13.2 Å². The molecule has 0 bridgehead atoms. The van der Waals surface area contributed by atoms with E-state index in [9.17, 15) is 9.59 Å². The summed E-state index contributed by atoms with van der Waals surface area (Å²) in [7, 11) is 0. The van der Waals surface area contributed by atoms with Crippen molar-refractivity contribution in [3.63, 3.8) is 0 Å². The van der Waals surface area contributed by atoms with Crippen LogP contribution in [0.5, 0.6) is 11.5 Å². The Labute approximate surface area is 184 Å². The highest BCUT2D eigenvalue weighted by Gasteiger charge is 2.26. The summed E-state index contributed by atoms with van der Waals surface area (Å²) in [5.74, 6) is 1.26. The minimum absolute atomic E-state index is 0.0167. The third-order valence-corrected chi connectivity index (χ3v) is 5.43. The molecule has 0 unspecified atom stereocenters. The van der Waals surface area contributed by atoms with Gasteiger partial charge in [-0.3, -0.25) is 9.59 Å². The standard InChI is InChI=1S/C25H32N2O4/c1-17(2)26-25(29)19(4)27(16-21-8-6-5-7-18(21)3)24(28)12-10-20-9-11-22-23(15-20)31-14-13-30-22/h5-9,11,15,17,19H,10,12-14,16H2,1-4H3,(H,26,29)/t19-/m1/s1. The highest BCUT2D eigenvalue weighted by Crippen LogP contribution is 2.31. The Balaban J connectivity index is 1.73. The van der Waals surface area contributed by atoms with Crippen LogP contribution in [-0.4, -0.2) is 42.0 Å². The molecule has 0 spiro atoms. The molecule has 1 N–H and O–H groups in total. The molecule has 1 aliphatic rings. The highest BCUT2D eigenvalue weighted by atomic mass is 16.6. The number of fused-ring (bicyclic) bond motifs is 1. The number of carbonyl (C=O) groups is 2. The maximum Gasteiger partial charge on any atom is 0.242 e. The van der Waals surface area contributed by atoms with Gasteiger partial charge >= 0.3 is 0 Å². The molecule has 0 saturated heterocycles. The van der Waals surface area contributed by atoms with Crippen molar-refractivity contribution in [3.8, 4) is 11.5 Å². The number of benzene rings is 2. The minimum atomic E-state index is -0.560. The molecule has 1 atom stereocenters. The first-order chi connectivity index (χ1) is 14.8. The van der Waals surface area contributed by atoms with E-state index in [1.54, 1.807) is 11.8 Å². The van der Waals surface area contributed by atoms with E-state index in [1.807, 2.05) is 63.2 Å². The molecule has 0 radical (unpaired) electrons. The van der Waals surface area contributed by atoms with Crippen LogP contribution in [0.1, 0.15) is 43.9 Å². The molecule has 0 fully saturated rings. The first-order valence-electron chi connectivity index (χ1n) is 10.9. The summed E-state index contributed by atoms with van der Waals surface area (Å²) in [6.07, 6.45) is 0.878. The van der Waals surface area contributed by atoms with Crippen LogP contribution in [0.25, 0.3) is 0 Å². The number of carbonyl (C=O) groups excluding carboxylic acids is 2. The van der Waals surface area contributed by atoms with Gasteiger partial charge in [-0.05, 0) is 62.9 Å². The number of rotatable bonds is 8. The molecule has 0 aromatic heterocycles. The summed E-state index contributed by atoms with van der Waals surface area (Å²) in [4.78, 5) is 27.6. The lowest BCUT2D eigenvalue weighted by Gasteiger charge is -2.30. The van der Waals surface area contributed by atoms with Crippen molar-refractivity contribution in [3.05, 3.63) is 59.2 Å². The van der Waals surface area contributed by atoms with Crippen LogP contribution in [0.4, 0.5) is 0 Å². The lowest BCUT2D eigenvalue weighted by molar-refractivity contribution is -0.140. The van der Waals surface area contributed by atoms with Crippen molar-refractivity contribution in [1.29, 1.82) is 0 Å². The van der Waals surface area contributed by atoms with Crippen molar-refractivity contribution < 1.29 is 19.1 Å². The summed E-state index contributed by atoms with van der Waals surface area (Å²) < 4.78 is 11.2. The van der Waals surface area contributed by atoms with Crippen LogP contribution in [0.2, 0.25) is 0 Å². The van der Waals surface area contributed by atoms with Gasteiger partial charge < -0.3 is 19.7 Å². The van der Waals surface area contributed by atoms with Gasteiger partial charge in [-0.1, -0.05) is 30.3 Å². The zero-order valence-corrected chi connectivity index (χ0v) is 18.8. The third-order valence-electron chi connectivity index (χ3n) is 5.43. The summed E-state index contributed by atoms with van der Waals surface area (Å²) >= 11 is 0. The van der Waals surface area contributed by atoms with Gasteiger partial charge in [0.05, 0.1) is 0 Å². The summed E-state index contributed by atoms with van der Waals surface area (Å²) in [5, 5.41) is 2.92. The Bertz CT molecular complexity index is 925. The van der Waals surface area contributed by atoms with Crippen molar-refractivity contribution >= 4 is 11.8 Å². The van der Waals surface area contributed by atoms with Gasteiger partial charge in [0.2, 0.25) is 11.8 Å². The Morgan fingerprint density at radius 3 is 2.45 bits per heavy atom. The fourth-order valence-electron chi connectivity index (χ4n) is 3.60. The number of amides is 2. The van der Waals surface area contributed by atoms with E-state index in [4.69, 9.17) is 9.47 Å². The first kappa shape index (κ1) is 22.7. The van der Waals surface area contributed by atoms with Crippen molar-refractivity contribution in [1.82, 2.24) is 10.2 Å². The second-order valence-corrected chi connectivity index (χ2v) is 8.27. The minimum Gasteiger partial charge on any atom is -0.486 e. The highest BCUT2D eigenvalue weighted by molar-refractivity contribution is 5.87. The second kappa shape index (κ2) is 10.3. The first-order valence-corrected chi connectivity index (χ1v) is 10.9. The third kappa shape index (κ3) is 6.00. The average molecular weight is 425 g/mol. The Hall–Kier alpha value is -3.02. The normalized spacial score (nSPS) is 13.6. The number of nitrogens with one attached hydrogen (secondary N) is 1. The summed E-state index contributed by atoms with van der Waals surface area (Å²) in [5.41, 5.74) is 3.15. The monoisotopic (exact) mass is 424 g/mol. The van der Waals surface area contributed by atoms with Crippen LogP contribution in [-0.2, 0) is 22.6 Å². The summed E-state index contributed by atoms with van der Waals surface area (Å²) in [6.45, 7) is 9.13. The van der Waals surface area contributed by atoms with E-state index in [-0.39, 0.29) is 17.9 Å². The van der Waals surface area contributed by atoms with Gasteiger partial charge in [-0.15, -0.1) is 0 Å². The zero-order valence-electron chi connectivity index (χ0n) is 18.8. The molecule has 1 heterocycles. The molecule has 2 amide bonds. The second-order valence-electron chi connectivity index (χ2n) is 8.27. The fourth-order valence-corrected chi connectivity index (χ4v) is 3.60.